The van der Waals surface area contributed by atoms with Crippen LogP contribution in [0, 0.1) is 12.0 Å². The zero-order valence-corrected chi connectivity index (χ0v) is 16.5. The third kappa shape index (κ3) is 3.58. The average Bonchev–Trinajstić information content (AvgIpc) is 3.08. The van der Waals surface area contributed by atoms with E-state index in [1.807, 2.05) is 0 Å². The Morgan fingerprint density at radius 2 is 1.81 bits per heavy atom. The van der Waals surface area contributed by atoms with Crippen LogP contribution in [0.25, 0.3) is 6.08 Å². The Kier molecular flexibility index (Phi) is 8.94. The maximum absolute atomic E-state index is 3.52. The summed E-state index contributed by atoms with van der Waals surface area (Å²) in [7, 11) is 0. The molecule has 0 nitrogen and oxygen atoms in total. The fourth-order valence-electron chi connectivity index (χ4n) is 3.07. The Balaban J connectivity index is 0.000000961. The Morgan fingerprint density at radius 1 is 1.14 bits per heavy atom. The molecule has 0 radical (unpaired) electrons. The maximum atomic E-state index is 3.52. The van der Waals surface area contributed by atoms with Gasteiger partial charge in [0.05, 0.1) is 0 Å². The molecule has 0 N–H and O–H groups in total. The second kappa shape index (κ2) is 9.03. The summed E-state index contributed by atoms with van der Waals surface area (Å²) in [5, 5.41) is 0. The Bertz CT molecular complexity index is 558. The van der Waals surface area contributed by atoms with Crippen molar-refractivity contribution in [3.8, 4) is 0 Å². The molecule has 3 heteroatoms. The SMILES string of the molecule is CC(C)C1(C2=[C-]CC=C2)C=Cc2ccccc21.Cl.Cl.[CH2]=[Zr]. The fraction of sp³-hybridized carbons (Fsp3) is 0.278. The molecular weight excluding hydrogens is 378 g/mol. The zero-order valence-electron chi connectivity index (χ0n) is 12.4. The molecule has 0 heterocycles. The molecule has 0 amide bonds. The molecule has 0 aliphatic heterocycles. The molecule has 2 aliphatic rings. The summed E-state index contributed by atoms with van der Waals surface area (Å²) in [5.74, 6) is 0.549. The van der Waals surface area contributed by atoms with Crippen molar-refractivity contribution in [1.29, 1.82) is 0 Å². The third-order valence-corrected chi connectivity index (χ3v) is 3.98. The van der Waals surface area contributed by atoms with E-state index in [-0.39, 0.29) is 30.2 Å². The molecule has 1 aromatic rings. The number of fused-ring (bicyclic) bond motifs is 1. The first kappa shape index (κ1) is 20.8. The molecule has 0 saturated heterocycles. The van der Waals surface area contributed by atoms with Gasteiger partial charge in [-0.2, -0.15) is 6.08 Å². The number of allylic oxidation sites excluding steroid dienone is 5. The van der Waals surface area contributed by atoms with Crippen molar-refractivity contribution in [3.63, 3.8) is 0 Å². The van der Waals surface area contributed by atoms with E-state index in [1.165, 1.54) is 40.9 Å². The Labute approximate surface area is 155 Å². The van der Waals surface area contributed by atoms with Gasteiger partial charge in [-0.15, -0.1) is 31.2 Å². The van der Waals surface area contributed by atoms with Gasteiger partial charge in [0, 0.05) is 5.41 Å². The summed E-state index contributed by atoms with van der Waals surface area (Å²) >= 11 is 1.30. The van der Waals surface area contributed by atoms with Crippen LogP contribution in [0.5, 0.6) is 0 Å². The fourth-order valence-corrected chi connectivity index (χ4v) is 3.07. The topological polar surface area (TPSA) is 0 Å². The van der Waals surface area contributed by atoms with Gasteiger partial charge < -0.3 is 0 Å². The van der Waals surface area contributed by atoms with Crippen molar-refractivity contribution in [2.45, 2.75) is 25.7 Å². The minimum atomic E-state index is 0. The van der Waals surface area contributed by atoms with Crippen LogP contribution in [0.15, 0.2) is 48.1 Å². The molecular formula is C18H21Cl2Zr-. The van der Waals surface area contributed by atoms with Crippen molar-refractivity contribution in [1.82, 2.24) is 0 Å². The molecule has 1 atom stereocenters. The predicted octanol–water partition coefficient (Wildman–Crippen LogP) is 5.11. The third-order valence-electron chi connectivity index (χ3n) is 3.98. The number of hydrogen-bond acceptors (Lipinski definition) is 0. The number of benzene rings is 1. The Morgan fingerprint density at radius 3 is 2.38 bits per heavy atom. The molecule has 0 aromatic heterocycles. The molecule has 1 aromatic carbocycles. The van der Waals surface area contributed by atoms with Crippen LogP contribution in [0.2, 0.25) is 0 Å². The first-order chi connectivity index (χ1) is 9.25. The van der Waals surface area contributed by atoms with Crippen LogP contribution in [-0.4, -0.2) is 4.21 Å². The van der Waals surface area contributed by atoms with Crippen molar-refractivity contribution in [2.24, 2.45) is 5.92 Å². The monoisotopic (exact) mass is 397 g/mol. The summed E-state index contributed by atoms with van der Waals surface area (Å²) in [6, 6.07) is 8.72. The van der Waals surface area contributed by atoms with E-state index < -0.39 is 0 Å². The van der Waals surface area contributed by atoms with Gasteiger partial charge in [0.2, 0.25) is 0 Å². The van der Waals surface area contributed by atoms with Crippen molar-refractivity contribution >= 4 is 35.1 Å². The van der Waals surface area contributed by atoms with Crippen LogP contribution in [0.3, 0.4) is 0 Å². The first-order valence-corrected chi connectivity index (χ1v) is 8.41. The van der Waals surface area contributed by atoms with E-state index >= 15 is 0 Å². The number of rotatable bonds is 2. The molecule has 3 rings (SSSR count). The van der Waals surface area contributed by atoms with Crippen molar-refractivity contribution in [2.75, 3.05) is 0 Å². The van der Waals surface area contributed by atoms with Gasteiger partial charge in [0.25, 0.3) is 0 Å². The van der Waals surface area contributed by atoms with Crippen molar-refractivity contribution in [3.05, 3.63) is 65.3 Å². The first-order valence-electron chi connectivity index (χ1n) is 6.67. The number of halogens is 2. The van der Waals surface area contributed by atoms with Crippen LogP contribution in [0.4, 0.5) is 0 Å². The second-order valence-electron chi connectivity index (χ2n) is 5.14. The molecule has 21 heavy (non-hydrogen) atoms. The van der Waals surface area contributed by atoms with E-state index in [2.05, 4.69) is 72.7 Å². The predicted molar refractivity (Wildman–Crippen MR) is 94.1 cm³/mol. The van der Waals surface area contributed by atoms with Crippen LogP contribution < -0.4 is 0 Å². The van der Waals surface area contributed by atoms with Gasteiger partial charge in [-0.3, -0.25) is 6.08 Å². The van der Waals surface area contributed by atoms with Gasteiger partial charge in [-0.1, -0.05) is 50.3 Å². The van der Waals surface area contributed by atoms with Crippen molar-refractivity contribution < 1.29 is 24.2 Å². The van der Waals surface area contributed by atoms with E-state index in [4.69, 9.17) is 0 Å². The van der Waals surface area contributed by atoms with Gasteiger partial charge in [0.1, 0.15) is 0 Å². The van der Waals surface area contributed by atoms with E-state index in [1.54, 1.807) is 0 Å². The number of hydrogen-bond donors (Lipinski definition) is 0. The zero-order chi connectivity index (χ0) is 13.9. The summed E-state index contributed by atoms with van der Waals surface area (Å²) in [6.07, 6.45) is 13.5. The van der Waals surface area contributed by atoms with E-state index in [0.717, 1.165) is 6.42 Å². The standard InChI is InChI=1S/C17H17.CH2.2ClH.Zr/c1-13(2)17(15-8-4-5-9-15)12-11-14-7-3-6-10-16(14)17;;;;/h3-4,6-8,10-13H,5H2,1-2H3;1H2;2*1H;/q-1;;;;. The van der Waals surface area contributed by atoms with Gasteiger partial charge in [-0.05, 0) is 17.0 Å². The second-order valence-corrected chi connectivity index (χ2v) is 5.14. The molecule has 0 saturated carbocycles. The molecule has 112 valence electrons. The molecule has 1 unspecified atom stereocenters. The summed E-state index contributed by atoms with van der Waals surface area (Å²) < 4.78 is 3.34. The van der Waals surface area contributed by atoms with Crippen LogP contribution in [-0.2, 0) is 29.7 Å². The molecule has 0 fully saturated rings. The Hall–Kier alpha value is -0.227. The van der Waals surface area contributed by atoms with E-state index in [9.17, 15) is 0 Å². The van der Waals surface area contributed by atoms with Crippen LogP contribution in [0.1, 0.15) is 31.4 Å². The average molecular weight is 399 g/mol. The van der Waals surface area contributed by atoms with Crippen LogP contribution >= 0.6 is 24.8 Å². The molecule has 2 aliphatic carbocycles. The molecule has 0 bridgehead atoms. The van der Waals surface area contributed by atoms with Gasteiger partial charge in [-0.25, -0.2) is 11.6 Å². The van der Waals surface area contributed by atoms with Gasteiger partial charge in [0.15, 0.2) is 0 Å². The normalized spacial score (nSPS) is 20.8. The van der Waals surface area contributed by atoms with Gasteiger partial charge >= 0.3 is 28.4 Å². The summed E-state index contributed by atoms with van der Waals surface area (Å²) in [5.41, 5.74) is 4.18. The summed E-state index contributed by atoms with van der Waals surface area (Å²) in [6.45, 7) is 4.60. The molecule has 0 spiro atoms. The summed E-state index contributed by atoms with van der Waals surface area (Å²) in [4.78, 5) is 0. The quantitative estimate of drug-likeness (QED) is 0.607. The van der Waals surface area contributed by atoms with E-state index in [0.29, 0.717) is 5.92 Å². The minimum absolute atomic E-state index is 0.